The summed E-state index contributed by atoms with van der Waals surface area (Å²) in [5.74, 6) is -0.0911. The predicted octanol–water partition coefficient (Wildman–Crippen LogP) is 3.37. The monoisotopic (exact) mass is 368 g/mol. The summed E-state index contributed by atoms with van der Waals surface area (Å²) in [4.78, 5) is 16.8. The van der Waals surface area contributed by atoms with Gasteiger partial charge in [-0.05, 0) is 12.8 Å². The van der Waals surface area contributed by atoms with Crippen molar-refractivity contribution in [2.75, 3.05) is 11.9 Å². The summed E-state index contributed by atoms with van der Waals surface area (Å²) in [5.41, 5.74) is 2.55. The minimum atomic E-state index is -0.0911. The highest BCUT2D eigenvalue weighted by atomic mass is 32.1. The fourth-order valence-corrected chi connectivity index (χ4v) is 3.82. The standard InChI is InChI=1S/C19H20N4O2S/c24-18(9-15-13-26-19(22-15)14-5-2-1-3-6-14)21-16-10-20-23(11-16)12-17-7-4-8-25-17/h1-3,5-6,10-11,13,17H,4,7-9,12H2,(H,21,24)/t17-/m0/s1. The Bertz CT molecular complexity index is 869. The molecule has 134 valence electrons. The maximum Gasteiger partial charge on any atom is 0.230 e. The van der Waals surface area contributed by atoms with Crippen LogP contribution in [0.5, 0.6) is 0 Å². The molecule has 0 saturated carbocycles. The zero-order valence-electron chi connectivity index (χ0n) is 14.3. The molecule has 1 amide bonds. The minimum Gasteiger partial charge on any atom is -0.376 e. The Morgan fingerprint density at radius 2 is 2.23 bits per heavy atom. The Kier molecular flexibility index (Phi) is 5.08. The molecule has 4 rings (SSSR count). The van der Waals surface area contributed by atoms with Gasteiger partial charge in [0.25, 0.3) is 0 Å². The molecule has 1 atom stereocenters. The minimum absolute atomic E-state index is 0.0911. The van der Waals surface area contributed by atoms with Crippen LogP contribution in [0.3, 0.4) is 0 Å². The van der Waals surface area contributed by atoms with Gasteiger partial charge in [-0.2, -0.15) is 5.10 Å². The second kappa shape index (κ2) is 7.80. The van der Waals surface area contributed by atoms with Gasteiger partial charge in [-0.1, -0.05) is 30.3 Å². The maximum atomic E-state index is 12.3. The molecule has 0 unspecified atom stereocenters. The highest BCUT2D eigenvalue weighted by Crippen LogP contribution is 2.23. The number of nitrogens with one attached hydrogen (secondary N) is 1. The van der Waals surface area contributed by atoms with E-state index >= 15 is 0 Å². The number of ether oxygens (including phenoxy) is 1. The predicted molar refractivity (Wildman–Crippen MR) is 101 cm³/mol. The lowest BCUT2D eigenvalue weighted by atomic mass is 10.2. The number of amides is 1. The van der Waals surface area contributed by atoms with Crippen LogP contribution < -0.4 is 5.32 Å². The van der Waals surface area contributed by atoms with Crippen molar-refractivity contribution in [2.45, 2.75) is 31.9 Å². The zero-order chi connectivity index (χ0) is 17.8. The van der Waals surface area contributed by atoms with Crippen LogP contribution in [0.1, 0.15) is 18.5 Å². The number of thiazole rings is 1. The molecule has 0 aliphatic carbocycles. The first-order chi connectivity index (χ1) is 12.8. The molecule has 1 aromatic carbocycles. The van der Waals surface area contributed by atoms with Crippen molar-refractivity contribution in [3.63, 3.8) is 0 Å². The van der Waals surface area contributed by atoms with Crippen molar-refractivity contribution in [1.82, 2.24) is 14.8 Å². The summed E-state index contributed by atoms with van der Waals surface area (Å²) in [6, 6.07) is 9.98. The number of benzene rings is 1. The van der Waals surface area contributed by atoms with Crippen LogP contribution in [0.4, 0.5) is 5.69 Å². The summed E-state index contributed by atoms with van der Waals surface area (Å²) in [6.07, 6.45) is 6.16. The third kappa shape index (κ3) is 4.17. The van der Waals surface area contributed by atoms with Gasteiger partial charge in [-0.25, -0.2) is 4.98 Å². The first kappa shape index (κ1) is 16.9. The third-order valence-corrected chi connectivity index (χ3v) is 5.19. The SMILES string of the molecule is O=C(Cc1csc(-c2ccccc2)n1)Nc1cnn(C[C@@H]2CCCO2)c1. The van der Waals surface area contributed by atoms with E-state index in [0.717, 1.165) is 42.3 Å². The van der Waals surface area contributed by atoms with Gasteiger partial charge in [0.05, 0.1) is 36.6 Å². The fourth-order valence-electron chi connectivity index (χ4n) is 3.00. The van der Waals surface area contributed by atoms with E-state index in [9.17, 15) is 4.79 Å². The van der Waals surface area contributed by atoms with Crippen molar-refractivity contribution in [1.29, 1.82) is 0 Å². The van der Waals surface area contributed by atoms with E-state index in [-0.39, 0.29) is 18.4 Å². The Balaban J connectivity index is 1.33. The number of hydrogen-bond donors (Lipinski definition) is 1. The van der Waals surface area contributed by atoms with E-state index in [2.05, 4.69) is 15.4 Å². The summed E-state index contributed by atoms with van der Waals surface area (Å²) in [6.45, 7) is 1.55. The van der Waals surface area contributed by atoms with E-state index in [1.54, 1.807) is 17.5 Å². The van der Waals surface area contributed by atoms with Crippen LogP contribution in [-0.4, -0.2) is 33.4 Å². The molecule has 26 heavy (non-hydrogen) atoms. The summed E-state index contributed by atoms with van der Waals surface area (Å²) in [7, 11) is 0. The number of hydrogen-bond acceptors (Lipinski definition) is 5. The molecule has 2 aromatic heterocycles. The molecule has 6 nitrogen and oxygen atoms in total. The first-order valence-corrected chi connectivity index (χ1v) is 9.58. The lowest BCUT2D eigenvalue weighted by Gasteiger charge is -2.08. The van der Waals surface area contributed by atoms with Crippen molar-refractivity contribution in [3.05, 3.63) is 53.8 Å². The van der Waals surface area contributed by atoms with Crippen molar-refractivity contribution in [2.24, 2.45) is 0 Å². The van der Waals surface area contributed by atoms with Gasteiger partial charge < -0.3 is 10.1 Å². The summed E-state index contributed by atoms with van der Waals surface area (Å²) in [5, 5.41) is 10.0. The molecule has 3 aromatic rings. The normalized spacial score (nSPS) is 16.7. The number of rotatable bonds is 6. The van der Waals surface area contributed by atoms with E-state index in [1.807, 2.05) is 46.6 Å². The molecule has 1 N–H and O–H groups in total. The average molecular weight is 368 g/mol. The topological polar surface area (TPSA) is 69.0 Å². The number of nitrogens with zero attached hydrogens (tertiary/aromatic N) is 3. The Morgan fingerprint density at radius 1 is 1.35 bits per heavy atom. The second-order valence-corrected chi connectivity index (χ2v) is 7.18. The number of carbonyl (C=O) groups is 1. The van der Waals surface area contributed by atoms with Crippen LogP contribution in [0.15, 0.2) is 48.1 Å². The third-order valence-electron chi connectivity index (χ3n) is 4.25. The molecule has 3 heterocycles. The lowest BCUT2D eigenvalue weighted by molar-refractivity contribution is -0.115. The average Bonchev–Trinajstić information content (AvgIpc) is 3.39. The van der Waals surface area contributed by atoms with Gasteiger partial charge in [-0.3, -0.25) is 9.48 Å². The molecule has 7 heteroatoms. The van der Waals surface area contributed by atoms with Crippen molar-refractivity contribution < 1.29 is 9.53 Å². The molecule has 1 fully saturated rings. The van der Waals surface area contributed by atoms with Crippen LogP contribution in [-0.2, 0) is 22.5 Å². The van der Waals surface area contributed by atoms with Gasteiger partial charge in [0, 0.05) is 23.7 Å². The van der Waals surface area contributed by atoms with Gasteiger partial charge >= 0.3 is 0 Å². The Labute approximate surface area is 155 Å². The van der Waals surface area contributed by atoms with Crippen LogP contribution in [0.2, 0.25) is 0 Å². The number of aromatic nitrogens is 3. The van der Waals surface area contributed by atoms with E-state index in [4.69, 9.17) is 4.74 Å². The van der Waals surface area contributed by atoms with Crippen molar-refractivity contribution in [3.8, 4) is 10.6 Å². The van der Waals surface area contributed by atoms with Crippen molar-refractivity contribution >= 4 is 22.9 Å². The highest BCUT2D eigenvalue weighted by molar-refractivity contribution is 7.13. The zero-order valence-corrected chi connectivity index (χ0v) is 15.1. The molecular formula is C19H20N4O2S. The maximum absolute atomic E-state index is 12.3. The van der Waals surface area contributed by atoms with E-state index < -0.39 is 0 Å². The number of carbonyl (C=O) groups excluding carboxylic acids is 1. The van der Waals surface area contributed by atoms with Gasteiger partial charge in [-0.15, -0.1) is 11.3 Å². The van der Waals surface area contributed by atoms with Gasteiger partial charge in [0.1, 0.15) is 5.01 Å². The largest absolute Gasteiger partial charge is 0.376 e. The van der Waals surface area contributed by atoms with Crippen LogP contribution in [0.25, 0.3) is 10.6 Å². The Morgan fingerprint density at radius 3 is 3.04 bits per heavy atom. The highest BCUT2D eigenvalue weighted by Gasteiger charge is 2.16. The lowest BCUT2D eigenvalue weighted by Crippen LogP contribution is -2.16. The van der Waals surface area contributed by atoms with Crippen LogP contribution >= 0.6 is 11.3 Å². The quantitative estimate of drug-likeness (QED) is 0.724. The molecule has 1 aliphatic heterocycles. The van der Waals surface area contributed by atoms with E-state index in [1.165, 1.54) is 0 Å². The summed E-state index contributed by atoms with van der Waals surface area (Å²) >= 11 is 1.55. The van der Waals surface area contributed by atoms with Gasteiger partial charge in [0.15, 0.2) is 0 Å². The van der Waals surface area contributed by atoms with E-state index in [0.29, 0.717) is 5.69 Å². The fraction of sp³-hybridized carbons (Fsp3) is 0.316. The smallest absolute Gasteiger partial charge is 0.230 e. The number of anilines is 1. The molecule has 0 radical (unpaired) electrons. The van der Waals surface area contributed by atoms with Crippen LogP contribution in [0, 0.1) is 0 Å². The van der Waals surface area contributed by atoms with Gasteiger partial charge in [0.2, 0.25) is 5.91 Å². The second-order valence-electron chi connectivity index (χ2n) is 6.32. The molecule has 1 saturated heterocycles. The summed E-state index contributed by atoms with van der Waals surface area (Å²) < 4.78 is 7.43. The molecule has 1 aliphatic rings. The molecule has 0 bridgehead atoms. The first-order valence-electron chi connectivity index (χ1n) is 8.70. The molecular weight excluding hydrogens is 348 g/mol. The Hall–Kier alpha value is -2.51. The molecule has 0 spiro atoms.